The second kappa shape index (κ2) is 17.9. The van der Waals surface area contributed by atoms with Gasteiger partial charge in [-0.25, -0.2) is 0 Å². The van der Waals surface area contributed by atoms with Crippen molar-refractivity contribution >= 4 is 29.5 Å². The Labute approximate surface area is 271 Å². The summed E-state index contributed by atoms with van der Waals surface area (Å²) in [5.41, 5.74) is 0.952. The molecule has 0 unspecified atom stereocenters. The summed E-state index contributed by atoms with van der Waals surface area (Å²) in [6, 6.07) is 13.2. The van der Waals surface area contributed by atoms with Crippen LogP contribution in [0.1, 0.15) is 57.0 Å². The lowest BCUT2D eigenvalue weighted by molar-refractivity contribution is -0.139. The third-order valence-corrected chi connectivity index (χ3v) is 7.80. The maximum Gasteiger partial charge on any atom is 0.255 e. The molecule has 12 nitrogen and oxygen atoms in total. The summed E-state index contributed by atoms with van der Waals surface area (Å²) in [6.45, 7) is 11.8. The first-order valence-corrected chi connectivity index (χ1v) is 16.0. The van der Waals surface area contributed by atoms with Crippen LogP contribution in [-0.2, 0) is 25.7 Å². The summed E-state index contributed by atoms with van der Waals surface area (Å²) in [6.07, 6.45) is -0.392. The average Bonchev–Trinajstić information content (AvgIpc) is 3.03. The molecule has 4 N–H and O–H groups in total. The minimum atomic E-state index is -1.23. The van der Waals surface area contributed by atoms with Crippen LogP contribution >= 0.6 is 0 Å². The molecule has 0 fully saturated rings. The summed E-state index contributed by atoms with van der Waals surface area (Å²) >= 11 is 0. The molecule has 5 amide bonds. The molecule has 46 heavy (non-hydrogen) atoms. The van der Waals surface area contributed by atoms with Crippen molar-refractivity contribution < 1.29 is 28.7 Å². The largest absolute Gasteiger partial charge is 0.491 e. The van der Waals surface area contributed by atoms with Crippen molar-refractivity contribution in [2.45, 2.75) is 65.7 Å². The van der Waals surface area contributed by atoms with Crippen molar-refractivity contribution in [1.82, 2.24) is 31.1 Å². The van der Waals surface area contributed by atoms with Crippen molar-refractivity contribution in [3.05, 3.63) is 65.7 Å². The van der Waals surface area contributed by atoms with Crippen LogP contribution in [0.5, 0.6) is 5.75 Å². The first-order valence-electron chi connectivity index (χ1n) is 16.0. The summed E-state index contributed by atoms with van der Waals surface area (Å²) < 4.78 is 5.93. The summed E-state index contributed by atoms with van der Waals surface area (Å²) in [5.74, 6) is -2.53. The highest BCUT2D eigenvalue weighted by Crippen LogP contribution is 2.19. The minimum Gasteiger partial charge on any atom is -0.491 e. The Morgan fingerprint density at radius 2 is 1.65 bits per heavy atom. The van der Waals surface area contributed by atoms with E-state index in [1.165, 1.54) is 4.90 Å². The maximum atomic E-state index is 13.9. The molecule has 1 heterocycles. The van der Waals surface area contributed by atoms with Crippen LogP contribution in [0.15, 0.2) is 54.6 Å². The van der Waals surface area contributed by atoms with Crippen LogP contribution < -0.4 is 26.0 Å². The molecule has 0 bridgehead atoms. The average molecular weight is 637 g/mol. The van der Waals surface area contributed by atoms with Gasteiger partial charge in [0, 0.05) is 19.6 Å². The molecule has 3 rings (SSSR count). The second-order valence-corrected chi connectivity index (χ2v) is 11.8. The molecule has 3 atom stereocenters. The van der Waals surface area contributed by atoms with Crippen LogP contribution in [0, 0.1) is 5.92 Å². The first kappa shape index (κ1) is 36.0. The molecule has 12 heteroatoms. The van der Waals surface area contributed by atoms with E-state index in [9.17, 15) is 24.0 Å². The lowest BCUT2D eigenvalue weighted by atomic mass is 10.0. The number of rotatable bonds is 9. The van der Waals surface area contributed by atoms with Crippen molar-refractivity contribution in [2.75, 3.05) is 39.3 Å². The third kappa shape index (κ3) is 10.9. The third-order valence-electron chi connectivity index (χ3n) is 7.80. The van der Waals surface area contributed by atoms with Crippen LogP contribution in [0.25, 0.3) is 0 Å². The van der Waals surface area contributed by atoms with Crippen molar-refractivity contribution in [2.24, 2.45) is 5.92 Å². The van der Waals surface area contributed by atoms with Crippen LogP contribution in [0.4, 0.5) is 0 Å². The number of nitrogens with zero attached hydrogens (tertiary/aromatic N) is 2. The molecule has 0 spiro atoms. The molecule has 250 valence electrons. The number of nitrogens with one attached hydrogen (secondary N) is 4. The van der Waals surface area contributed by atoms with Gasteiger partial charge < -0.3 is 35.8 Å². The number of benzene rings is 2. The summed E-state index contributed by atoms with van der Waals surface area (Å²) in [4.78, 5) is 71.0. The number of carbonyl (C=O) groups excluding carboxylic acids is 5. The van der Waals surface area contributed by atoms with Crippen LogP contribution in [0.2, 0.25) is 0 Å². The van der Waals surface area contributed by atoms with Crippen molar-refractivity contribution in [3.8, 4) is 5.75 Å². The molecule has 1 aliphatic heterocycles. The number of carbonyl (C=O) groups is 5. The van der Waals surface area contributed by atoms with E-state index in [0.717, 1.165) is 18.7 Å². The zero-order valence-electron chi connectivity index (χ0n) is 27.5. The van der Waals surface area contributed by atoms with E-state index in [0.29, 0.717) is 13.1 Å². The zero-order valence-corrected chi connectivity index (χ0v) is 27.5. The van der Waals surface area contributed by atoms with E-state index in [1.54, 1.807) is 31.2 Å². The second-order valence-electron chi connectivity index (χ2n) is 11.8. The standard InChI is InChI=1S/C34H48N6O6/c1-6-39(7-2)18-17-35-33(44)27-19-30(42)40(20-25-13-9-8-10-14-25)21-29(41)38-31(23(3)4)34(45)36-24(5)22-46-28-16-12-11-15-26(28)32(43)37-27/h8-16,23-24,27,31H,6-7,17-22H2,1-5H3,(H,35,44)(H,36,45)(H,37,43)(H,38,41)/t24-,27-,31+/m0/s1. The molecule has 2 aromatic carbocycles. The van der Waals surface area contributed by atoms with Gasteiger partial charge in [-0.2, -0.15) is 0 Å². The molecule has 2 aromatic rings. The van der Waals surface area contributed by atoms with Gasteiger partial charge in [0.05, 0.1) is 24.6 Å². The van der Waals surface area contributed by atoms with Crippen molar-refractivity contribution in [3.63, 3.8) is 0 Å². The van der Waals surface area contributed by atoms with E-state index >= 15 is 0 Å². The number of para-hydroxylation sites is 1. The van der Waals surface area contributed by atoms with Crippen LogP contribution in [0.3, 0.4) is 0 Å². The zero-order chi connectivity index (χ0) is 33.6. The topological polar surface area (TPSA) is 149 Å². The summed E-state index contributed by atoms with van der Waals surface area (Å²) in [5, 5.41) is 11.2. The Hall–Kier alpha value is -4.45. The number of hydrogen-bond donors (Lipinski definition) is 4. The quantitative estimate of drug-likeness (QED) is 0.327. The Bertz CT molecular complexity index is 1330. The molecule has 0 radical (unpaired) electrons. The van der Waals surface area contributed by atoms with Gasteiger partial charge in [0.1, 0.15) is 24.4 Å². The van der Waals surface area contributed by atoms with E-state index in [2.05, 4.69) is 26.2 Å². The Morgan fingerprint density at radius 1 is 0.978 bits per heavy atom. The number of hydrogen-bond acceptors (Lipinski definition) is 7. The fraction of sp³-hybridized carbons (Fsp3) is 0.500. The Kier molecular flexibility index (Phi) is 14.0. The van der Waals surface area contributed by atoms with Gasteiger partial charge >= 0.3 is 0 Å². The van der Waals surface area contributed by atoms with Crippen molar-refractivity contribution in [1.29, 1.82) is 0 Å². The highest BCUT2D eigenvalue weighted by molar-refractivity contribution is 6.01. The van der Waals surface area contributed by atoms with Gasteiger partial charge in [-0.3, -0.25) is 24.0 Å². The minimum absolute atomic E-state index is 0.0490. The molecule has 0 saturated carbocycles. The van der Waals surface area contributed by atoms with Gasteiger partial charge in [-0.05, 0) is 43.6 Å². The fourth-order valence-electron chi connectivity index (χ4n) is 5.08. The Morgan fingerprint density at radius 3 is 2.33 bits per heavy atom. The first-order chi connectivity index (χ1) is 22.0. The highest BCUT2D eigenvalue weighted by atomic mass is 16.5. The lowest BCUT2D eigenvalue weighted by Gasteiger charge is -2.27. The lowest BCUT2D eigenvalue weighted by Crippen LogP contribution is -2.55. The van der Waals surface area contributed by atoms with Gasteiger partial charge in [0.15, 0.2) is 0 Å². The number of likely N-dealkylation sites (N-methyl/N-ethyl adjacent to an activating group) is 1. The predicted molar refractivity (Wildman–Crippen MR) is 175 cm³/mol. The summed E-state index contributed by atoms with van der Waals surface area (Å²) in [7, 11) is 0. The number of amides is 5. The van der Waals surface area contributed by atoms with Crippen LogP contribution in [-0.4, -0.2) is 96.8 Å². The van der Waals surface area contributed by atoms with Gasteiger partial charge in [-0.15, -0.1) is 0 Å². The predicted octanol–water partition coefficient (Wildman–Crippen LogP) is 1.70. The van der Waals surface area contributed by atoms with E-state index in [4.69, 9.17) is 4.74 Å². The van der Waals surface area contributed by atoms with Gasteiger partial charge in [0.25, 0.3) is 5.91 Å². The molecule has 0 aromatic heterocycles. The molecule has 0 aliphatic carbocycles. The maximum absolute atomic E-state index is 13.9. The smallest absolute Gasteiger partial charge is 0.255 e. The van der Waals surface area contributed by atoms with Gasteiger partial charge in [-0.1, -0.05) is 70.2 Å². The van der Waals surface area contributed by atoms with E-state index in [-0.39, 0.29) is 36.9 Å². The number of fused-ring (bicyclic) bond motifs is 1. The SMILES string of the molecule is CCN(CC)CCNC(=O)[C@@H]1CC(=O)N(Cc2ccccc2)CC(=O)N[C@H](C(C)C)C(=O)N[C@@H](C)COc2ccccc2C(=O)N1. The van der Waals surface area contributed by atoms with Gasteiger partial charge in [0.2, 0.25) is 23.6 Å². The fourth-order valence-corrected chi connectivity index (χ4v) is 5.08. The highest BCUT2D eigenvalue weighted by Gasteiger charge is 2.31. The van der Waals surface area contributed by atoms with E-state index < -0.39 is 54.1 Å². The Balaban J connectivity index is 1.98. The van der Waals surface area contributed by atoms with E-state index in [1.807, 2.05) is 58.0 Å². The number of ether oxygens (including phenoxy) is 1. The molecular formula is C34H48N6O6. The molecule has 1 aliphatic rings. The molecular weight excluding hydrogens is 588 g/mol. The molecule has 0 saturated heterocycles. The normalized spacial score (nSPS) is 20.2. The monoisotopic (exact) mass is 636 g/mol.